The second-order valence-corrected chi connectivity index (χ2v) is 6.16. The van der Waals surface area contributed by atoms with Crippen LogP contribution in [0.15, 0.2) is 6.20 Å². The van der Waals surface area contributed by atoms with Crippen LogP contribution in [0.4, 0.5) is 0 Å². The molecule has 0 amide bonds. The van der Waals surface area contributed by atoms with Crippen LogP contribution in [0.2, 0.25) is 0 Å². The van der Waals surface area contributed by atoms with Crippen LogP contribution in [-0.4, -0.2) is 52.5 Å². The van der Waals surface area contributed by atoms with E-state index in [9.17, 15) is 5.11 Å². The topological polar surface area (TPSA) is 72.2 Å². The van der Waals surface area contributed by atoms with E-state index >= 15 is 0 Å². The first kappa shape index (κ1) is 19.1. The van der Waals surface area contributed by atoms with E-state index in [0.29, 0.717) is 19.1 Å². The molecule has 1 heterocycles. The Morgan fingerprint density at radius 3 is 2.68 bits per heavy atom. The summed E-state index contributed by atoms with van der Waals surface area (Å²) in [6, 6.07) is 0.587. The molecule has 0 aliphatic carbocycles. The van der Waals surface area contributed by atoms with Crippen LogP contribution in [0.1, 0.15) is 51.6 Å². The molecule has 128 valence electrons. The normalized spacial score (nSPS) is 13.0. The zero-order chi connectivity index (χ0) is 16.2. The van der Waals surface area contributed by atoms with Gasteiger partial charge in [0.25, 0.3) is 0 Å². The molecule has 1 atom stereocenters. The van der Waals surface area contributed by atoms with E-state index in [1.165, 1.54) is 25.7 Å². The second-order valence-electron chi connectivity index (χ2n) is 6.16. The highest BCUT2D eigenvalue weighted by atomic mass is 16.5. The number of aliphatic hydroxyl groups excluding tert-OH is 1. The first-order valence-corrected chi connectivity index (χ1v) is 8.41. The highest BCUT2D eigenvalue weighted by Crippen LogP contribution is 2.05. The lowest BCUT2D eigenvalue weighted by atomic mass is 10.1. The molecular formula is C16H32N4O2. The van der Waals surface area contributed by atoms with Crippen LogP contribution in [0.25, 0.3) is 0 Å². The standard InChI is InChI=1S/C16H32N4O2/c1-14(2)17-9-7-5-4-6-8-10-20-12-15(18-19-20)11-16(21)13-22-3/h12,14,16-17,21H,4-11,13H2,1-3H3. The lowest BCUT2D eigenvalue weighted by Gasteiger charge is -2.07. The number of hydrogen-bond acceptors (Lipinski definition) is 5. The molecule has 2 N–H and O–H groups in total. The molecule has 1 rings (SSSR count). The van der Waals surface area contributed by atoms with Gasteiger partial charge in [0.2, 0.25) is 0 Å². The third kappa shape index (κ3) is 9.12. The van der Waals surface area contributed by atoms with Gasteiger partial charge in [-0.1, -0.05) is 38.3 Å². The molecule has 0 aromatic carbocycles. The van der Waals surface area contributed by atoms with Gasteiger partial charge >= 0.3 is 0 Å². The number of aliphatic hydroxyl groups is 1. The van der Waals surface area contributed by atoms with Gasteiger partial charge in [-0.3, -0.25) is 4.68 Å². The number of aryl methyl sites for hydroxylation is 1. The number of unbranched alkanes of at least 4 members (excludes halogenated alkanes) is 4. The van der Waals surface area contributed by atoms with Crippen molar-refractivity contribution in [1.29, 1.82) is 0 Å². The van der Waals surface area contributed by atoms with Gasteiger partial charge < -0.3 is 15.2 Å². The van der Waals surface area contributed by atoms with E-state index in [1.54, 1.807) is 7.11 Å². The molecule has 0 aliphatic heterocycles. The van der Waals surface area contributed by atoms with E-state index in [1.807, 2.05) is 10.9 Å². The fourth-order valence-electron chi connectivity index (χ4n) is 2.35. The van der Waals surface area contributed by atoms with Gasteiger partial charge in [-0.25, -0.2) is 0 Å². The smallest absolute Gasteiger partial charge is 0.0853 e. The SMILES string of the molecule is COCC(O)Cc1cn(CCCCCCCNC(C)C)nn1. The third-order valence-corrected chi connectivity index (χ3v) is 3.51. The number of rotatable bonds is 13. The average Bonchev–Trinajstić information content (AvgIpc) is 2.89. The first-order valence-electron chi connectivity index (χ1n) is 8.41. The molecule has 0 spiro atoms. The second kappa shape index (κ2) is 11.6. The highest BCUT2D eigenvalue weighted by molar-refractivity contribution is 4.94. The molecule has 1 unspecified atom stereocenters. The molecule has 1 aromatic heterocycles. The Balaban J connectivity index is 2.04. The number of hydrogen-bond donors (Lipinski definition) is 2. The van der Waals surface area contributed by atoms with Gasteiger partial charge in [-0.15, -0.1) is 5.10 Å². The molecule has 6 nitrogen and oxygen atoms in total. The minimum atomic E-state index is -0.505. The van der Waals surface area contributed by atoms with Crippen molar-refractivity contribution >= 4 is 0 Å². The molecule has 1 aromatic rings. The monoisotopic (exact) mass is 312 g/mol. The maximum Gasteiger partial charge on any atom is 0.0853 e. The van der Waals surface area contributed by atoms with E-state index in [0.717, 1.165) is 25.2 Å². The van der Waals surface area contributed by atoms with Crippen molar-refractivity contribution in [3.8, 4) is 0 Å². The zero-order valence-electron chi connectivity index (χ0n) is 14.3. The summed E-state index contributed by atoms with van der Waals surface area (Å²) >= 11 is 0. The van der Waals surface area contributed by atoms with Gasteiger partial charge in [-0.2, -0.15) is 0 Å². The summed E-state index contributed by atoms with van der Waals surface area (Å²) in [4.78, 5) is 0. The zero-order valence-corrected chi connectivity index (χ0v) is 14.3. The van der Waals surface area contributed by atoms with Gasteiger partial charge in [0.15, 0.2) is 0 Å². The van der Waals surface area contributed by atoms with Crippen molar-refractivity contribution in [2.45, 2.75) is 71.1 Å². The molecule has 0 bridgehead atoms. The van der Waals surface area contributed by atoms with Crippen molar-refractivity contribution in [3.63, 3.8) is 0 Å². The molecular weight excluding hydrogens is 280 g/mol. The maximum atomic E-state index is 9.66. The van der Waals surface area contributed by atoms with Crippen LogP contribution in [0.5, 0.6) is 0 Å². The molecule has 0 aliphatic rings. The Kier molecular flexibility index (Phi) is 10.0. The Bertz CT molecular complexity index is 382. The van der Waals surface area contributed by atoms with E-state index in [-0.39, 0.29) is 0 Å². The predicted molar refractivity (Wildman–Crippen MR) is 87.8 cm³/mol. The summed E-state index contributed by atoms with van der Waals surface area (Å²) in [5.74, 6) is 0. The van der Waals surface area contributed by atoms with Gasteiger partial charge in [0.05, 0.1) is 18.4 Å². The Morgan fingerprint density at radius 1 is 1.23 bits per heavy atom. The average molecular weight is 312 g/mol. The minimum Gasteiger partial charge on any atom is -0.390 e. The number of nitrogens with one attached hydrogen (secondary N) is 1. The molecule has 0 saturated heterocycles. The lowest BCUT2D eigenvalue weighted by molar-refractivity contribution is 0.0644. The van der Waals surface area contributed by atoms with Crippen LogP contribution in [0.3, 0.4) is 0 Å². The lowest BCUT2D eigenvalue weighted by Crippen LogP contribution is -2.23. The van der Waals surface area contributed by atoms with E-state index in [4.69, 9.17) is 4.74 Å². The number of aromatic nitrogens is 3. The first-order chi connectivity index (χ1) is 10.6. The molecule has 0 fully saturated rings. The summed E-state index contributed by atoms with van der Waals surface area (Å²) in [6.07, 6.45) is 8.07. The van der Waals surface area contributed by atoms with Crippen molar-refractivity contribution in [2.24, 2.45) is 0 Å². The van der Waals surface area contributed by atoms with E-state index < -0.39 is 6.10 Å². The van der Waals surface area contributed by atoms with Crippen molar-refractivity contribution in [2.75, 3.05) is 20.3 Å². The van der Waals surface area contributed by atoms with Crippen molar-refractivity contribution in [1.82, 2.24) is 20.3 Å². The van der Waals surface area contributed by atoms with Crippen molar-refractivity contribution in [3.05, 3.63) is 11.9 Å². The van der Waals surface area contributed by atoms with Crippen LogP contribution >= 0.6 is 0 Å². The van der Waals surface area contributed by atoms with E-state index in [2.05, 4.69) is 29.5 Å². The Hall–Kier alpha value is -0.980. The van der Waals surface area contributed by atoms with Crippen molar-refractivity contribution < 1.29 is 9.84 Å². The number of methoxy groups -OCH3 is 1. The fraction of sp³-hybridized carbons (Fsp3) is 0.875. The maximum absolute atomic E-state index is 9.66. The summed E-state index contributed by atoms with van der Waals surface area (Å²) in [6.45, 7) is 6.71. The van der Waals surface area contributed by atoms with Crippen LogP contribution in [0, 0.1) is 0 Å². The quantitative estimate of drug-likeness (QED) is 0.543. The number of nitrogens with zero attached hydrogens (tertiary/aromatic N) is 3. The molecule has 22 heavy (non-hydrogen) atoms. The van der Waals surface area contributed by atoms with Gasteiger partial charge in [0.1, 0.15) is 0 Å². The summed E-state index contributed by atoms with van der Waals surface area (Å²) in [5, 5.41) is 21.3. The van der Waals surface area contributed by atoms with Crippen LogP contribution in [-0.2, 0) is 17.7 Å². The summed E-state index contributed by atoms with van der Waals surface area (Å²) < 4.78 is 6.78. The Labute approximate surface area is 134 Å². The predicted octanol–water partition coefficient (Wildman–Crippen LogP) is 1.78. The summed E-state index contributed by atoms with van der Waals surface area (Å²) in [7, 11) is 1.58. The molecule has 0 radical (unpaired) electrons. The fourth-order valence-corrected chi connectivity index (χ4v) is 2.35. The Morgan fingerprint density at radius 2 is 1.95 bits per heavy atom. The summed E-state index contributed by atoms with van der Waals surface area (Å²) in [5.41, 5.74) is 0.823. The van der Waals surface area contributed by atoms with Gasteiger partial charge in [0, 0.05) is 32.3 Å². The largest absolute Gasteiger partial charge is 0.390 e. The van der Waals surface area contributed by atoms with Gasteiger partial charge in [-0.05, 0) is 19.4 Å². The number of ether oxygens (including phenoxy) is 1. The third-order valence-electron chi connectivity index (χ3n) is 3.51. The minimum absolute atomic E-state index is 0.332. The highest BCUT2D eigenvalue weighted by Gasteiger charge is 2.08. The molecule has 6 heteroatoms. The molecule has 0 saturated carbocycles. The van der Waals surface area contributed by atoms with Crippen LogP contribution < -0.4 is 5.32 Å².